The fraction of sp³-hybridized carbons (Fsp3) is 0.917. The fourth-order valence-corrected chi connectivity index (χ4v) is 2.26. The molecule has 1 rings (SSSR count). The summed E-state index contributed by atoms with van der Waals surface area (Å²) in [5.74, 6) is 0.129. The summed E-state index contributed by atoms with van der Waals surface area (Å²) >= 11 is 0. The number of nitrogens with one attached hydrogen (secondary N) is 1. The van der Waals surface area contributed by atoms with Crippen molar-refractivity contribution < 1.29 is 9.90 Å². The van der Waals surface area contributed by atoms with E-state index >= 15 is 0 Å². The number of rotatable bonds is 5. The lowest BCUT2D eigenvalue weighted by Gasteiger charge is -2.28. The van der Waals surface area contributed by atoms with Crippen molar-refractivity contribution in [1.29, 1.82) is 0 Å². The fourth-order valence-electron chi connectivity index (χ4n) is 2.26. The molecular formula is C12H23NO2. The van der Waals surface area contributed by atoms with Crippen LogP contribution in [0.3, 0.4) is 0 Å². The van der Waals surface area contributed by atoms with Crippen molar-refractivity contribution >= 4 is 5.97 Å². The summed E-state index contributed by atoms with van der Waals surface area (Å²) in [5, 5.41) is 12.1. The highest BCUT2D eigenvalue weighted by molar-refractivity contribution is 5.67. The van der Waals surface area contributed by atoms with Crippen LogP contribution in [-0.2, 0) is 4.79 Å². The predicted molar refractivity (Wildman–Crippen MR) is 60.9 cm³/mol. The second-order valence-corrected chi connectivity index (χ2v) is 5.47. The summed E-state index contributed by atoms with van der Waals surface area (Å²) in [5.41, 5.74) is -0.0449. The zero-order valence-corrected chi connectivity index (χ0v) is 9.88. The molecule has 0 aromatic carbocycles. The first-order valence-corrected chi connectivity index (χ1v) is 5.92. The molecule has 1 aliphatic rings. The molecule has 1 aliphatic heterocycles. The second kappa shape index (κ2) is 5.50. The van der Waals surface area contributed by atoms with Crippen molar-refractivity contribution in [2.24, 2.45) is 11.3 Å². The third-order valence-electron chi connectivity index (χ3n) is 3.32. The van der Waals surface area contributed by atoms with Gasteiger partial charge in [0.15, 0.2) is 0 Å². The highest BCUT2D eigenvalue weighted by Gasteiger charge is 2.23. The minimum atomic E-state index is -0.676. The van der Waals surface area contributed by atoms with E-state index in [4.69, 9.17) is 5.11 Å². The normalized spacial score (nSPS) is 19.1. The molecule has 3 heteroatoms. The van der Waals surface area contributed by atoms with Gasteiger partial charge in [-0.25, -0.2) is 0 Å². The van der Waals surface area contributed by atoms with Gasteiger partial charge in [0.05, 0.1) is 6.42 Å². The Bertz CT molecular complexity index is 208. The second-order valence-electron chi connectivity index (χ2n) is 5.47. The quantitative estimate of drug-likeness (QED) is 0.736. The van der Waals surface area contributed by atoms with Crippen molar-refractivity contribution in [3.63, 3.8) is 0 Å². The van der Waals surface area contributed by atoms with E-state index in [9.17, 15) is 4.79 Å². The molecule has 0 aromatic rings. The summed E-state index contributed by atoms with van der Waals surface area (Å²) in [6.07, 6.45) is 5.01. The highest BCUT2D eigenvalue weighted by Crippen LogP contribution is 2.30. The Morgan fingerprint density at radius 3 is 2.53 bits per heavy atom. The maximum Gasteiger partial charge on any atom is 0.303 e. The minimum Gasteiger partial charge on any atom is -0.481 e. The summed E-state index contributed by atoms with van der Waals surface area (Å²) in [7, 11) is 0. The Morgan fingerprint density at radius 2 is 2.00 bits per heavy atom. The maximum absolute atomic E-state index is 10.7. The molecule has 1 heterocycles. The zero-order chi connectivity index (χ0) is 11.3. The van der Waals surface area contributed by atoms with E-state index in [0.717, 1.165) is 25.4 Å². The Labute approximate surface area is 92.3 Å². The standard InChI is InChI=1S/C12H23NO2/c1-12(2,9-11(14)15)6-3-10-4-7-13-8-5-10/h10,13H,3-9H2,1-2H3,(H,14,15). The molecule has 0 radical (unpaired) electrons. The molecule has 0 spiro atoms. The van der Waals surface area contributed by atoms with Crippen LogP contribution in [0.2, 0.25) is 0 Å². The van der Waals surface area contributed by atoms with Gasteiger partial charge in [-0.15, -0.1) is 0 Å². The van der Waals surface area contributed by atoms with E-state index in [2.05, 4.69) is 19.2 Å². The van der Waals surface area contributed by atoms with Gasteiger partial charge in [0.1, 0.15) is 0 Å². The molecule has 1 saturated heterocycles. The lowest BCUT2D eigenvalue weighted by Crippen LogP contribution is -2.28. The maximum atomic E-state index is 10.7. The molecule has 88 valence electrons. The molecule has 0 atom stereocenters. The van der Waals surface area contributed by atoms with Gasteiger partial charge in [0.25, 0.3) is 0 Å². The smallest absolute Gasteiger partial charge is 0.303 e. The molecule has 0 bridgehead atoms. The average Bonchev–Trinajstić information content (AvgIpc) is 2.15. The Hall–Kier alpha value is -0.570. The van der Waals surface area contributed by atoms with Gasteiger partial charge < -0.3 is 10.4 Å². The molecule has 0 unspecified atom stereocenters. The third kappa shape index (κ3) is 5.17. The Balaban J connectivity index is 2.24. The first-order chi connectivity index (χ1) is 6.99. The van der Waals surface area contributed by atoms with Gasteiger partial charge in [-0.05, 0) is 50.1 Å². The van der Waals surface area contributed by atoms with Crippen LogP contribution in [0.5, 0.6) is 0 Å². The van der Waals surface area contributed by atoms with Crippen LogP contribution in [0.1, 0.15) is 46.0 Å². The van der Waals surface area contributed by atoms with Crippen molar-refractivity contribution in [3.8, 4) is 0 Å². The van der Waals surface area contributed by atoms with Crippen molar-refractivity contribution in [3.05, 3.63) is 0 Å². The summed E-state index contributed by atoms with van der Waals surface area (Å²) < 4.78 is 0. The van der Waals surface area contributed by atoms with Gasteiger partial charge >= 0.3 is 5.97 Å². The Kier molecular flexibility index (Phi) is 4.58. The lowest BCUT2D eigenvalue weighted by atomic mass is 9.80. The molecule has 1 fully saturated rings. The first-order valence-electron chi connectivity index (χ1n) is 5.92. The van der Waals surface area contributed by atoms with Crippen LogP contribution in [-0.4, -0.2) is 24.2 Å². The molecule has 2 N–H and O–H groups in total. The topological polar surface area (TPSA) is 49.3 Å². The van der Waals surface area contributed by atoms with Crippen molar-refractivity contribution in [2.75, 3.05) is 13.1 Å². The number of hydrogen-bond acceptors (Lipinski definition) is 2. The molecule has 0 amide bonds. The average molecular weight is 213 g/mol. The van der Waals surface area contributed by atoms with E-state index in [1.54, 1.807) is 0 Å². The number of carbonyl (C=O) groups is 1. The first kappa shape index (κ1) is 12.5. The number of piperidine rings is 1. The number of carboxylic acids is 1. The summed E-state index contributed by atoms with van der Waals surface area (Å²) in [6.45, 7) is 6.37. The van der Waals surface area contributed by atoms with E-state index in [1.165, 1.54) is 19.3 Å². The lowest BCUT2D eigenvalue weighted by molar-refractivity contribution is -0.139. The highest BCUT2D eigenvalue weighted by atomic mass is 16.4. The van der Waals surface area contributed by atoms with Gasteiger partial charge in [-0.2, -0.15) is 0 Å². The van der Waals surface area contributed by atoms with Crippen LogP contribution in [0, 0.1) is 11.3 Å². The SMILES string of the molecule is CC(C)(CCC1CCNCC1)CC(=O)O. The third-order valence-corrected chi connectivity index (χ3v) is 3.32. The van der Waals surface area contributed by atoms with Gasteiger partial charge in [0, 0.05) is 0 Å². The van der Waals surface area contributed by atoms with Gasteiger partial charge in [-0.1, -0.05) is 13.8 Å². The van der Waals surface area contributed by atoms with Gasteiger partial charge in [-0.3, -0.25) is 4.79 Å². The van der Waals surface area contributed by atoms with Crippen molar-refractivity contribution in [1.82, 2.24) is 5.32 Å². The minimum absolute atomic E-state index is 0.0449. The number of aliphatic carboxylic acids is 1. The molecule has 15 heavy (non-hydrogen) atoms. The molecule has 3 nitrogen and oxygen atoms in total. The predicted octanol–water partition coefficient (Wildman–Crippen LogP) is 2.27. The van der Waals surface area contributed by atoms with Crippen molar-refractivity contribution in [2.45, 2.75) is 46.0 Å². The molecule has 0 aromatic heterocycles. The summed E-state index contributed by atoms with van der Waals surface area (Å²) in [4.78, 5) is 10.7. The van der Waals surface area contributed by atoms with E-state index in [-0.39, 0.29) is 11.8 Å². The van der Waals surface area contributed by atoms with Crippen LogP contribution in [0.25, 0.3) is 0 Å². The molecule has 0 aliphatic carbocycles. The Morgan fingerprint density at radius 1 is 1.40 bits per heavy atom. The zero-order valence-electron chi connectivity index (χ0n) is 9.88. The van der Waals surface area contributed by atoms with Crippen LogP contribution >= 0.6 is 0 Å². The van der Waals surface area contributed by atoms with Crippen LogP contribution in [0.15, 0.2) is 0 Å². The molecule has 0 saturated carbocycles. The number of hydrogen-bond donors (Lipinski definition) is 2. The van der Waals surface area contributed by atoms with E-state index < -0.39 is 5.97 Å². The van der Waals surface area contributed by atoms with Crippen LogP contribution in [0.4, 0.5) is 0 Å². The van der Waals surface area contributed by atoms with Gasteiger partial charge in [0.2, 0.25) is 0 Å². The van der Waals surface area contributed by atoms with E-state index in [1.807, 2.05) is 0 Å². The monoisotopic (exact) mass is 213 g/mol. The number of carboxylic acid groups (broad SMARTS) is 1. The molecular weight excluding hydrogens is 190 g/mol. The largest absolute Gasteiger partial charge is 0.481 e. The van der Waals surface area contributed by atoms with Crippen LogP contribution < -0.4 is 5.32 Å². The van der Waals surface area contributed by atoms with E-state index in [0.29, 0.717) is 0 Å². The summed E-state index contributed by atoms with van der Waals surface area (Å²) in [6, 6.07) is 0.